The highest BCUT2D eigenvalue weighted by Gasteiger charge is 2.62. The molecule has 0 bridgehead atoms. The van der Waals surface area contributed by atoms with E-state index in [-0.39, 0.29) is 42.2 Å². The Morgan fingerprint density at radius 3 is 2.65 bits per heavy atom. The van der Waals surface area contributed by atoms with Crippen LogP contribution >= 0.6 is 0 Å². The van der Waals surface area contributed by atoms with Crippen molar-refractivity contribution in [1.82, 2.24) is 20.4 Å². The van der Waals surface area contributed by atoms with E-state index in [1.54, 1.807) is 20.8 Å². The second-order valence-corrected chi connectivity index (χ2v) is 13.0. The maximum atomic E-state index is 14.7. The van der Waals surface area contributed by atoms with Crippen LogP contribution in [0.1, 0.15) is 82.3 Å². The number of esters is 1. The van der Waals surface area contributed by atoms with Gasteiger partial charge in [0.15, 0.2) is 0 Å². The van der Waals surface area contributed by atoms with Crippen LogP contribution in [0.5, 0.6) is 0 Å². The van der Waals surface area contributed by atoms with Crippen LogP contribution in [0.3, 0.4) is 0 Å². The van der Waals surface area contributed by atoms with Gasteiger partial charge in [-0.05, 0) is 58.1 Å². The Labute approximate surface area is 273 Å². The summed E-state index contributed by atoms with van der Waals surface area (Å²) in [7, 11) is 1.20. The largest absolute Gasteiger partial charge is 0.467 e. The highest BCUT2D eigenvalue weighted by molar-refractivity contribution is 5.96. The van der Waals surface area contributed by atoms with Crippen LogP contribution in [0.4, 0.5) is 14.0 Å². The number of allylic oxidation sites excluding steroid dienone is 1. The topological polar surface area (TPSA) is 144 Å². The summed E-state index contributed by atoms with van der Waals surface area (Å²) < 4.78 is 64.8. The summed E-state index contributed by atoms with van der Waals surface area (Å²) in [6.45, 7) is -1.14. The number of amides is 4. The number of hydrogen-bond acceptors (Lipinski definition) is 8. The van der Waals surface area contributed by atoms with E-state index in [0.29, 0.717) is 19.3 Å². The van der Waals surface area contributed by atoms with Gasteiger partial charge in [0.25, 0.3) is 0 Å². The molecule has 0 radical (unpaired) electrons. The van der Waals surface area contributed by atoms with Crippen molar-refractivity contribution in [2.24, 2.45) is 5.92 Å². The lowest BCUT2D eigenvalue weighted by molar-refractivity contribution is -0.148. The fourth-order valence-corrected chi connectivity index (χ4v) is 6.04. The van der Waals surface area contributed by atoms with E-state index in [9.17, 15) is 28.4 Å². The second kappa shape index (κ2) is 13.3. The number of carbonyl (C=O) groups is 5. The Balaban J connectivity index is 1.44. The van der Waals surface area contributed by atoms with Crippen molar-refractivity contribution in [3.8, 4) is 0 Å². The lowest BCUT2D eigenvalue weighted by Crippen LogP contribution is -2.56. The van der Waals surface area contributed by atoms with Gasteiger partial charge in [-0.2, -0.15) is 0 Å². The van der Waals surface area contributed by atoms with Crippen LogP contribution < -0.4 is 10.6 Å². The number of alkyl carbamates (subject to hydrolysis) is 1. The highest BCUT2D eigenvalue weighted by Crippen LogP contribution is 2.46. The monoisotopic (exact) mass is 646 g/mol. The number of rotatable bonds is 3. The number of nitrogens with zero attached hydrogens (tertiary/aromatic N) is 2. The Morgan fingerprint density at radius 2 is 1.93 bits per heavy atom. The van der Waals surface area contributed by atoms with Gasteiger partial charge >= 0.3 is 18.2 Å². The molecule has 3 aliphatic heterocycles. The van der Waals surface area contributed by atoms with E-state index in [4.69, 9.17) is 19.7 Å². The molecule has 3 heterocycles. The first-order valence-electron chi connectivity index (χ1n) is 17.5. The van der Waals surface area contributed by atoms with Crippen molar-refractivity contribution in [3.05, 3.63) is 47.3 Å². The average Bonchev–Trinajstić information content (AvgIpc) is 3.47. The van der Waals surface area contributed by atoms with E-state index in [1.807, 2.05) is 12.2 Å². The fourth-order valence-electron chi connectivity index (χ4n) is 6.04. The lowest BCUT2D eigenvalue weighted by Gasteiger charge is -2.30. The third-order valence-corrected chi connectivity index (χ3v) is 8.40. The number of ether oxygens (including phenoxy) is 3. The number of carbonyl (C=O) groups excluding carboxylic acids is 5. The first kappa shape index (κ1) is 28.1. The molecule has 46 heavy (non-hydrogen) atoms. The van der Waals surface area contributed by atoms with E-state index in [1.165, 1.54) is 19.2 Å². The van der Waals surface area contributed by atoms with Crippen LogP contribution in [-0.2, 0) is 41.6 Å². The normalized spacial score (nSPS) is 32.3. The molecule has 4 aliphatic rings. The van der Waals surface area contributed by atoms with Crippen molar-refractivity contribution in [2.45, 2.75) is 108 Å². The molecule has 0 aromatic heterocycles. The molecule has 1 saturated heterocycles. The average molecular weight is 647 g/mol. The van der Waals surface area contributed by atoms with Crippen molar-refractivity contribution in [1.29, 1.82) is 0 Å². The number of hydrogen-bond donors (Lipinski definition) is 2. The summed E-state index contributed by atoms with van der Waals surface area (Å²) in [6.07, 6.45) is 3.07. The third-order valence-electron chi connectivity index (χ3n) is 8.40. The zero-order valence-corrected chi connectivity index (χ0v) is 26.4. The molecule has 1 aliphatic carbocycles. The Kier molecular flexibility index (Phi) is 8.12. The predicted octanol–water partition coefficient (Wildman–Crippen LogP) is 3.71. The molecular weight excluding hydrogens is 599 g/mol. The molecule has 1 aromatic rings. The fraction of sp³-hybridized carbons (Fsp3) is 0.606. The number of fused-ring (bicyclic) bond motifs is 3. The van der Waals surface area contributed by atoms with Gasteiger partial charge in [0, 0.05) is 24.4 Å². The maximum absolute atomic E-state index is 14.7. The van der Waals surface area contributed by atoms with Crippen molar-refractivity contribution >= 4 is 30.0 Å². The molecule has 13 heteroatoms. The molecule has 2 fully saturated rings. The van der Waals surface area contributed by atoms with Gasteiger partial charge in [0.05, 0.1) is 25.6 Å². The van der Waals surface area contributed by atoms with Crippen LogP contribution in [-0.4, -0.2) is 82.8 Å². The van der Waals surface area contributed by atoms with Gasteiger partial charge < -0.3 is 29.7 Å². The molecule has 12 nitrogen and oxygen atoms in total. The third kappa shape index (κ3) is 7.28. The first-order valence-corrected chi connectivity index (χ1v) is 15.5. The molecule has 250 valence electrons. The maximum Gasteiger partial charge on any atom is 0.410 e. The first-order chi connectivity index (χ1) is 23.3. The quantitative estimate of drug-likeness (QED) is 0.288. The minimum absolute atomic E-state index is 0.159. The Bertz CT molecular complexity index is 1590. The van der Waals surface area contributed by atoms with Crippen LogP contribution in [0.15, 0.2) is 30.4 Å². The van der Waals surface area contributed by atoms with Gasteiger partial charge in [-0.15, -0.1) is 0 Å². The molecule has 0 spiro atoms. The van der Waals surface area contributed by atoms with Crippen LogP contribution in [0.25, 0.3) is 0 Å². The summed E-state index contributed by atoms with van der Waals surface area (Å²) in [5, 5.41) is 5.37. The molecule has 0 unspecified atom stereocenters. The molecule has 5 rings (SSSR count). The predicted molar refractivity (Wildman–Crippen MR) is 162 cm³/mol. The van der Waals surface area contributed by atoms with Gasteiger partial charge in [-0.1, -0.05) is 37.1 Å². The smallest absolute Gasteiger partial charge is 0.410 e. The number of methoxy groups -OCH3 is 1. The van der Waals surface area contributed by atoms with Gasteiger partial charge in [-0.25, -0.2) is 18.8 Å². The summed E-state index contributed by atoms with van der Waals surface area (Å²) in [4.78, 5) is 68.8. The van der Waals surface area contributed by atoms with Gasteiger partial charge in [0.2, 0.25) is 11.8 Å². The van der Waals surface area contributed by atoms with E-state index < -0.39 is 83.7 Å². The molecule has 2 N–H and O–H groups in total. The summed E-state index contributed by atoms with van der Waals surface area (Å²) >= 11 is 0. The summed E-state index contributed by atoms with van der Waals surface area (Å²) in [5.41, 5.74) is -3.28. The van der Waals surface area contributed by atoms with Crippen LogP contribution in [0.2, 0.25) is 0 Å². The minimum Gasteiger partial charge on any atom is -0.467 e. The zero-order valence-electron chi connectivity index (χ0n) is 30.4. The molecule has 4 amide bonds. The summed E-state index contributed by atoms with van der Waals surface area (Å²) in [5.74, 6) is -3.49. The highest BCUT2D eigenvalue weighted by atomic mass is 19.1. The van der Waals surface area contributed by atoms with Gasteiger partial charge in [0.1, 0.15) is 35.1 Å². The molecule has 1 saturated carbocycles. The number of halogens is 1. The van der Waals surface area contributed by atoms with Gasteiger partial charge in [-0.3, -0.25) is 14.5 Å². The van der Waals surface area contributed by atoms with E-state index in [2.05, 4.69) is 10.6 Å². The van der Waals surface area contributed by atoms with Crippen LogP contribution in [0, 0.1) is 11.7 Å². The van der Waals surface area contributed by atoms with Crippen molar-refractivity contribution in [2.75, 3.05) is 13.7 Å². The van der Waals surface area contributed by atoms with Crippen molar-refractivity contribution < 1.29 is 48.1 Å². The Hall–Kier alpha value is -4.16. The molecule has 1 aromatic carbocycles. The SMILES string of the molecule is [2H]C1([2H])c2cccc(F)c2C([2H])([2H])N1C(=O)O[C@@H]1C[C@H]2C(=O)N[C@]3(C(=O)OC)C[C@H]3/C=C\CCCCC[C@H](NC(=O)OC(C)(C)C)C(=O)N2C1. The molecular formula is C33H43FN4O8. The number of benzene rings is 1. The zero-order chi connectivity index (χ0) is 36.8. The minimum atomic E-state index is -2.94. The van der Waals surface area contributed by atoms with E-state index >= 15 is 0 Å². The number of nitrogens with one attached hydrogen (secondary N) is 2. The summed E-state index contributed by atoms with van der Waals surface area (Å²) in [6, 6.07) is 0.872. The van der Waals surface area contributed by atoms with Crippen molar-refractivity contribution in [3.63, 3.8) is 0 Å². The van der Waals surface area contributed by atoms with E-state index in [0.717, 1.165) is 17.4 Å². The Morgan fingerprint density at radius 1 is 1.15 bits per heavy atom. The standard InChI is InChI=1S/C33H43FN4O8/c1-32(2,3)46-30(42)35-25-14-9-7-5-6-8-12-21-16-33(21,29(41)44-4)36-27(39)26-15-22(18-38(26)28(25)40)45-31(43)37-17-20-11-10-13-24(34)23(20)19-37/h8,10-13,21-22,25-26H,5-7,9,14-19H2,1-4H3,(H,35,42)(H,36,39)/b12-8-/t21-,22-,25+,26+,33-/m1/s1/i17D2,19D2. The second-order valence-electron chi connectivity index (χ2n) is 13.0. The lowest BCUT2D eigenvalue weighted by atomic mass is 10.0. The molecule has 5 atom stereocenters.